The van der Waals surface area contributed by atoms with Crippen LogP contribution in [0.15, 0.2) is 200 Å². The van der Waals surface area contributed by atoms with Gasteiger partial charge in [0, 0.05) is 44.3 Å². The van der Waals surface area contributed by atoms with Crippen LogP contribution in [0.1, 0.15) is 100 Å². The van der Waals surface area contributed by atoms with Crippen molar-refractivity contribution in [1.29, 1.82) is 0 Å². The van der Waals surface area contributed by atoms with Crippen LogP contribution >= 0.6 is 0 Å². The first kappa shape index (κ1) is 13.8. The summed E-state index contributed by atoms with van der Waals surface area (Å²) in [7, 11) is 0. The van der Waals surface area contributed by atoms with E-state index in [1.165, 1.54) is 0 Å². The van der Waals surface area contributed by atoms with Crippen LogP contribution in [0.4, 0.5) is 17.1 Å². The second-order valence-corrected chi connectivity index (χ2v) is 13.6. The molecule has 0 aromatic heterocycles. The molecule has 9 aromatic carbocycles. The van der Waals surface area contributed by atoms with Gasteiger partial charge in [-0.15, -0.1) is 0 Å². The molecule has 0 atom stereocenters. The van der Waals surface area contributed by atoms with Crippen LogP contribution in [-0.2, 0) is 10.8 Å². The molecule has 0 heterocycles. The monoisotopic (exact) mass is 793 g/mol. The van der Waals surface area contributed by atoms with E-state index < -0.39 is 284 Å². The van der Waals surface area contributed by atoms with Crippen molar-refractivity contribution in [2.45, 2.75) is 38.2 Å². The Balaban J connectivity index is 1.36. The zero-order valence-corrected chi connectivity index (χ0v) is 30.1. The normalized spacial score (nSPS) is 23.8. The molecule has 0 saturated carbocycles. The fourth-order valence-corrected chi connectivity index (χ4v) is 7.38. The topological polar surface area (TPSA) is 3.24 Å². The lowest BCUT2D eigenvalue weighted by atomic mass is 9.82. The van der Waals surface area contributed by atoms with Crippen molar-refractivity contribution in [2.75, 3.05) is 4.90 Å². The lowest BCUT2D eigenvalue weighted by molar-refractivity contribution is 0.660. The SMILES string of the molecule is [2H]c1ccc(-c2c([2H])c([2H])c(-c3c(-c4c([2H])c([2H])c(N(c5c([2H])c([2H])c6c(c5[2H])C(C([2H])([2H])[2H])(C([2H])([2H])[2H])c5cccc([2H])c5-6)c5c([2H])c([2H])c6c(c5[2H])C(C([2H])([2H])[2H])(C([2H])([2H])[2H])c5c([2H])cc([2H])c([2H])c5-6)c([2H])c4[2H])c([2H])cc4cc([2H])c([2H])c([2H])c34)c([2H])c2[2H])c([2H])c1[2H]. The van der Waals surface area contributed by atoms with Gasteiger partial charge in [0.05, 0.1) is 34.3 Å². The molecule has 11 rings (SSSR count). The molecule has 0 bridgehead atoms. The molecule has 2 aliphatic rings. The third kappa shape index (κ3) is 5.53. The Morgan fingerprint density at radius 2 is 1.05 bits per heavy atom. The van der Waals surface area contributed by atoms with E-state index in [2.05, 4.69) is 0 Å². The first-order chi connectivity index (χ1) is 44.2. The predicted molar refractivity (Wildman–Crippen MR) is 250 cm³/mol. The Morgan fingerprint density at radius 1 is 0.390 bits per heavy atom. The van der Waals surface area contributed by atoms with Crippen molar-refractivity contribution in [2.24, 2.45) is 0 Å². The maximum Gasteiger partial charge on any atom is 0.0648 e. The molecule has 1 nitrogen and oxygen atoms in total. The zero-order chi connectivity index (χ0) is 71.6. The van der Waals surface area contributed by atoms with Gasteiger partial charge in [0.1, 0.15) is 0 Å². The molecule has 0 unspecified atom stereocenters. The summed E-state index contributed by atoms with van der Waals surface area (Å²) < 4.78 is 343. The molecule has 1 heteroatoms. The minimum atomic E-state index is -4.03. The van der Waals surface area contributed by atoms with Gasteiger partial charge in [0.25, 0.3) is 0 Å². The van der Waals surface area contributed by atoms with E-state index in [-0.39, 0.29) is 15.8 Å². The Hall–Kier alpha value is -6.96. The number of nitrogens with zero attached hydrogens (tertiary/aromatic N) is 1. The van der Waals surface area contributed by atoms with Crippen molar-refractivity contribution < 1.29 is 50.7 Å². The lowest BCUT2D eigenvalue weighted by Gasteiger charge is -2.30. The van der Waals surface area contributed by atoms with Gasteiger partial charge < -0.3 is 4.90 Å². The molecule has 0 radical (unpaired) electrons. The summed E-state index contributed by atoms with van der Waals surface area (Å²) in [6.45, 7) is -15.8. The summed E-state index contributed by atoms with van der Waals surface area (Å²) in [4.78, 5) is 0.126. The molecule has 9 aromatic rings. The van der Waals surface area contributed by atoms with Gasteiger partial charge in [0.2, 0.25) is 0 Å². The molecule has 0 fully saturated rings. The van der Waals surface area contributed by atoms with Crippen molar-refractivity contribution >= 4 is 27.8 Å². The molecule has 59 heavy (non-hydrogen) atoms. The summed E-state index contributed by atoms with van der Waals surface area (Å²) in [5.74, 6) is 0. The predicted octanol–water partition coefficient (Wildman–Crippen LogP) is 15.9. The zero-order valence-electron chi connectivity index (χ0n) is 67.1. The number of hydrogen-bond donors (Lipinski definition) is 0. The molecular weight excluding hydrogens is 711 g/mol. The Bertz CT molecular complexity index is 4930. The fraction of sp³-hybridized carbons (Fsp3) is 0.103. The van der Waals surface area contributed by atoms with E-state index in [0.29, 0.717) is 6.07 Å². The van der Waals surface area contributed by atoms with Gasteiger partial charge in [0.15, 0.2) is 0 Å². The smallest absolute Gasteiger partial charge is 0.0648 e. The van der Waals surface area contributed by atoms with Gasteiger partial charge in [-0.25, -0.2) is 0 Å². The van der Waals surface area contributed by atoms with Gasteiger partial charge in [-0.1, -0.05) is 191 Å². The molecule has 0 aliphatic heterocycles. The minimum Gasteiger partial charge on any atom is -0.310 e. The van der Waals surface area contributed by atoms with Crippen molar-refractivity contribution in [1.82, 2.24) is 0 Å². The molecule has 2 aliphatic carbocycles. The highest BCUT2D eigenvalue weighted by atomic mass is 15.1. The number of rotatable bonds is 6. The van der Waals surface area contributed by atoms with Crippen LogP contribution in [-0.4, -0.2) is 0 Å². The van der Waals surface area contributed by atoms with E-state index in [9.17, 15) is 21.9 Å². The number of anilines is 3. The van der Waals surface area contributed by atoms with Crippen LogP contribution in [0.25, 0.3) is 66.4 Å². The van der Waals surface area contributed by atoms with Crippen LogP contribution in [0.5, 0.6) is 0 Å². The fourth-order valence-electron chi connectivity index (χ4n) is 7.38. The molecular formula is C58H45N. The number of fused-ring (bicyclic) bond motifs is 7. The van der Waals surface area contributed by atoms with Crippen molar-refractivity contribution in [3.05, 3.63) is 222 Å². The highest BCUT2D eigenvalue weighted by Crippen LogP contribution is 2.53. The molecule has 0 saturated heterocycles. The van der Waals surface area contributed by atoms with Gasteiger partial charge >= 0.3 is 0 Å². The Labute approximate surface area is 399 Å². The second-order valence-electron chi connectivity index (χ2n) is 13.6. The van der Waals surface area contributed by atoms with E-state index in [1.54, 1.807) is 0 Å². The first-order valence-corrected chi connectivity index (χ1v) is 17.8. The van der Waals surface area contributed by atoms with Crippen LogP contribution in [0.3, 0.4) is 0 Å². The van der Waals surface area contributed by atoms with Gasteiger partial charge in [-0.05, 0) is 125 Å². The lowest BCUT2D eigenvalue weighted by Crippen LogP contribution is -2.18. The van der Waals surface area contributed by atoms with Crippen molar-refractivity contribution in [3.63, 3.8) is 0 Å². The van der Waals surface area contributed by atoms with E-state index in [0.717, 1.165) is 42.5 Å². The van der Waals surface area contributed by atoms with Crippen LogP contribution in [0, 0.1) is 0 Å². The van der Waals surface area contributed by atoms with Crippen LogP contribution < -0.4 is 4.90 Å². The minimum absolute atomic E-state index is 0.126. The highest BCUT2D eigenvalue weighted by molar-refractivity contribution is 6.04. The van der Waals surface area contributed by atoms with Gasteiger partial charge in [-0.2, -0.15) is 0 Å². The molecule has 282 valence electrons. The average Bonchev–Trinajstić information content (AvgIpc) is 1.47. The summed E-state index contributed by atoms with van der Waals surface area (Å²) in [5.41, 5.74) is -23.7. The van der Waals surface area contributed by atoms with Crippen LogP contribution in [0.2, 0.25) is 0 Å². The second kappa shape index (κ2) is 13.3. The average molecular weight is 793 g/mol. The highest BCUT2D eigenvalue weighted by Gasteiger charge is 2.37. The summed E-state index contributed by atoms with van der Waals surface area (Å²) in [6, 6.07) is -19.0. The van der Waals surface area contributed by atoms with E-state index in [1.807, 2.05) is 0 Å². The van der Waals surface area contributed by atoms with Gasteiger partial charge in [-0.3, -0.25) is 0 Å². The molecule has 0 spiro atoms. The maximum atomic E-state index is 10.2. The summed E-state index contributed by atoms with van der Waals surface area (Å²) in [6.07, 6.45) is 0. The third-order valence-electron chi connectivity index (χ3n) is 10.1. The van der Waals surface area contributed by atoms with E-state index >= 15 is 0 Å². The summed E-state index contributed by atoms with van der Waals surface area (Å²) >= 11 is 0. The third-order valence-corrected chi connectivity index (χ3v) is 10.1. The van der Waals surface area contributed by atoms with E-state index in [4.69, 9.17) is 28.8 Å². The largest absolute Gasteiger partial charge is 0.310 e. The summed E-state index contributed by atoms with van der Waals surface area (Å²) in [5, 5.41) is -0.819. The Kier molecular flexibility index (Phi) is 3.11. The number of hydrogen-bond acceptors (Lipinski definition) is 1. The standard InChI is InChI=1S/C58H45N/c1-57(2)52-20-12-10-18-48(52)50-34-31-44(36-54(50)57)59(45-32-35-51-49-19-11-13-21-53(49)58(3,4)55(51)37-45)43-29-26-41(27-30-43)47-33-28-40-16-8-9-17-46(40)56(47)42-24-22-39(23-25-42)38-14-6-5-7-15-38/h5-37H,1-4H3/i1D3,2D3,3D3,4D3,5D,6D,8D,9D,10D,14D,17D,18D,19D,20D,22D,23D,24D,25D,26D,27D,29D,30D,31D,32D,33D,34D,35D,36D,37D. The first-order valence-electron chi connectivity index (χ1n) is 36.3. The Morgan fingerprint density at radius 3 is 1.81 bits per heavy atom. The number of benzene rings is 9. The molecule has 0 amide bonds. The van der Waals surface area contributed by atoms with Crippen molar-refractivity contribution in [3.8, 4) is 55.6 Å². The molecule has 0 N–H and O–H groups in total. The maximum absolute atomic E-state index is 10.2. The quantitative estimate of drug-likeness (QED) is 0.162.